The second-order valence-electron chi connectivity index (χ2n) is 15.6. The fourth-order valence-electron chi connectivity index (χ4n) is 8.06. The first kappa shape index (κ1) is 35.8. The summed E-state index contributed by atoms with van der Waals surface area (Å²) in [6.45, 7) is 12.0. The van der Waals surface area contributed by atoms with Crippen molar-refractivity contribution >= 4 is 34.3 Å². The molecule has 280 valence electrons. The van der Waals surface area contributed by atoms with Gasteiger partial charge >= 0.3 is 5.97 Å². The van der Waals surface area contributed by atoms with Crippen LogP contribution >= 0.6 is 0 Å². The number of hydrogen-bond donors (Lipinski definition) is 0. The molecule has 1 aliphatic heterocycles. The number of allylic oxidation sites excluding steroid dienone is 1. The second kappa shape index (κ2) is 13.6. The fraction of sp³-hybridized carbons (Fsp3) is 0.289. The van der Waals surface area contributed by atoms with Gasteiger partial charge in [0.1, 0.15) is 5.69 Å². The molecule has 2 aliphatic rings. The molecule has 3 aromatic heterocycles. The number of ketones is 1. The summed E-state index contributed by atoms with van der Waals surface area (Å²) in [6, 6.07) is 24.7. The van der Waals surface area contributed by atoms with Gasteiger partial charge in [0.2, 0.25) is 12.6 Å². The molecule has 10 heteroatoms. The Morgan fingerprint density at radius 1 is 0.909 bits per heavy atom. The van der Waals surface area contributed by atoms with Crippen molar-refractivity contribution in [2.45, 2.75) is 54.4 Å². The second-order valence-corrected chi connectivity index (χ2v) is 15.6. The fourth-order valence-corrected chi connectivity index (χ4v) is 8.06. The topological polar surface area (TPSA) is 107 Å². The average molecular weight is 737 g/mol. The molecule has 55 heavy (non-hydrogen) atoms. The van der Waals surface area contributed by atoms with Gasteiger partial charge in [0.05, 0.1) is 28.2 Å². The Hall–Kier alpha value is -6.16. The van der Waals surface area contributed by atoms with Gasteiger partial charge in [0.25, 0.3) is 5.56 Å². The highest BCUT2D eigenvalue weighted by atomic mass is 16.7. The summed E-state index contributed by atoms with van der Waals surface area (Å²) in [5.41, 5.74) is 8.06. The van der Waals surface area contributed by atoms with E-state index in [4.69, 9.17) is 19.2 Å². The van der Waals surface area contributed by atoms with Gasteiger partial charge in [-0.3, -0.25) is 14.3 Å². The van der Waals surface area contributed by atoms with Crippen LogP contribution in [0.3, 0.4) is 0 Å². The number of aryl methyl sites for hydroxylation is 1. The van der Waals surface area contributed by atoms with Crippen LogP contribution in [0.2, 0.25) is 0 Å². The number of rotatable bonds is 7. The molecule has 0 bridgehead atoms. The van der Waals surface area contributed by atoms with Crippen LogP contribution < -0.4 is 15.0 Å². The van der Waals surface area contributed by atoms with Crippen LogP contribution in [0.1, 0.15) is 81.8 Å². The molecule has 1 unspecified atom stereocenters. The number of hydrogen-bond acceptors (Lipinski definition) is 7. The largest absolute Gasteiger partial charge is 0.454 e. The van der Waals surface area contributed by atoms with Crippen molar-refractivity contribution in [3.05, 3.63) is 134 Å². The summed E-state index contributed by atoms with van der Waals surface area (Å²) in [6.07, 6.45) is 3.53. The predicted molar refractivity (Wildman–Crippen MR) is 213 cm³/mol. The van der Waals surface area contributed by atoms with Gasteiger partial charge in [-0.1, -0.05) is 63.2 Å². The van der Waals surface area contributed by atoms with Gasteiger partial charge in [0, 0.05) is 29.4 Å². The molecule has 0 fully saturated rings. The summed E-state index contributed by atoms with van der Waals surface area (Å²) in [4.78, 5) is 47.3. The highest BCUT2D eigenvalue weighted by Gasteiger charge is 2.36. The van der Waals surface area contributed by atoms with E-state index in [-0.39, 0.29) is 29.5 Å². The first-order valence-corrected chi connectivity index (χ1v) is 18.6. The molecular weight excluding hydrogens is 693 g/mol. The van der Waals surface area contributed by atoms with Gasteiger partial charge in [0.15, 0.2) is 18.1 Å². The maximum absolute atomic E-state index is 14.4. The van der Waals surface area contributed by atoms with Crippen LogP contribution in [0.15, 0.2) is 83.7 Å². The normalized spacial score (nSPS) is 15.8. The summed E-state index contributed by atoms with van der Waals surface area (Å²) in [7, 11) is 1.84. The van der Waals surface area contributed by atoms with E-state index >= 15 is 0 Å². The molecule has 0 amide bonds. The number of Topliss-reactive ketones (excluding diaryl/α,β-unsaturated/α-hetero) is 1. The number of carbonyl (C=O) groups excluding carboxylic acids is 2. The highest BCUT2D eigenvalue weighted by molar-refractivity contribution is 6.08. The Kier molecular flexibility index (Phi) is 8.87. The van der Waals surface area contributed by atoms with Gasteiger partial charge in [-0.15, -0.1) is 0 Å². The van der Waals surface area contributed by atoms with E-state index < -0.39 is 12.6 Å². The van der Waals surface area contributed by atoms with Gasteiger partial charge in [-0.05, 0) is 104 Å². The lowest BCUT2D eigenvalue weighted by Crippen LogP contribution is -2.29. The Labute approximate surface area is 319 Å². The average Bonchev–Trinajstić information content (AvgIpc) is 3.81. The predicted octanol–water partition coefficient (Wildman–Crippen LogP) is 8.36. The number of aromatic nitrogens is 4. The first-order valence-electron chi connectivity index (χ1n) is 18.6. The monoisotopic (exact) mass is 736 g/mol. The molecule has 0 radical (unpaired) electrons. The molecule has 4 heterocycles. The minimum Gasteiger partial charge on any atom is -0.454 e. The lowest BCUT2D eigenvalue weighted by Gasteiger charge is -2.36. The minimum absolute atomic E-state index is 0.0710. The van der Waals surface area contributed by atoms with Gasteiger partial charge in [-0.25, -0.2) is 14.5 Å². The Bertz CT molecular complexity index is 2620. The zero-order valence-electron chi connectivity index (χ0n) is 32.2. The number of pyridine rings is 1. The molecule has 0 saturated carbocycles. The third-order valence-electron chi connectivity index (χ3n) is 11.2. The van der Waals surface area contributed by atoms with E-state index in [2.05, 4.69) is 26.8 Å². The van der Waals surface area contributed by atoms with E-state index in [0.29, 0.717) is 51.3 Å². The van der Waals surface area contributed by atoms with Crippen molar-refractivity contribution in [3.63, 3.8) is 0 Å². The highest BCUT2D eigenvalue weighted by Crippen LogP contribution is 2.45. The van der Waals surface area contributed by atoms with Crippen molar-refractivity contribution < 1.29 is 23.8 Å². The zero-order valence-corrected chi connectivity index (χ0v) is 32.2. The van der Waals surface area contributed by atoms with Crippen LogP contribution in [-0.2, 0) is 18.2 Å². The molecule has 0 N–H and O–H groups in total. The first-order chi connectivity index (χ1) is 26.3. The standard InChI is InChI=1S/C45H44N4O6/c1-26-19-34(27(2)48(26)42-28(3)47(7)49(43(42)51)32-13-9-8-10-14-32)37(50)24-53-44(52)40-33-15-11-12-16-36(33)46-41-30(22-31(23-35(40)41)45(4,5)6)20-29-17-18-38-39(21-29)55-25-54-38/h8-21,31H,22-25H2,1-7H3/b30-20-. The van der Waals surface area contributed by atoms with Crippen molar-refractivity contribution in [1.82, 2.24) is 18.9 Å². The maximum atomic E-state index is 14.4. The van der Waals surface area contributed by atoms with E-state index in [1.807, 2.05) is 110 Å². The number of fused-ring (bicyclic) bond motifs is 3. The Morgan fingerprint density at radius 3 is 2.40 bits per heavy atom. The number of benzene rings is 3. The Morgan fingerprint density at radius 2 is 1.64 bits per heavy atom. The van der Waals surface area contributed by atoms with Crippen molar-refractivity contribution in [1.29, 1.82) is 0 Å². The van der Waals surface area contributed by atoms with Crippen LogP contribution in [0.4, 0.5) is 0 Å². The lowest BCUT2D eigenvalue weighted by molar-refractivity contribution is 0.0474. The molecule has 1 atom stereocenters. The molecule has 3 aromatic carbocycles. The van der Waals surface area contributed by atoms with Gasteiger partial charge < -0.3 is 18.8 Å². The quantitative estimate of drug-likeness (QED) is 0.120. The molecular formula is C45H44N4O6. The molecule has 6 aromatic rings. The third kappa shape index (κ3) is 6.25. The zero-order chi connectivity index (χ0) is 38.8. The number of nitrogens with zero attached hydrogens (tertiary/aromatic N) is 4. The summed E-state index contributed by atoms with van der Waals surface area (Å²) < 4.78 is 22.4. The SMILES string of the molecule is Cc1cc(C(=O)COC(=O)c2c3c(nc4ccccc24)/C(=C\c2ccc4c(c2)OCO4)CC(C(C)(C)C)C3)c(C)n1-c1c(C)n(C)n(-c2ccccc2)c1=O. The molecule has 0 saturated heterocycles. The van der Waals surface area contributed by atoms with E-state index in [1.54, 1.807) is 10.7 Å². The summed E-state index contributed by atoms with van der Waals surface area (Å²) in [5.74, 6) is 0.689. The van der Waals surface area contributed by atoms with E-state index in [9.17, 15) is 14.4 Å². The van der Waals surface area contributed by atoms with Crippen LogP contribution in [0.5, 0.6) is 11.5 Å². The summed E-state index contributed by atoms with van der Waals surface area (Å²) >= 11 is 0. The van der Waals surface area contributed by atoms with Crippen molar-refractivity contribution in [2.75, 3.05) is 13.4 Å². The van der Waals surface area contributed by atoms with Crippen LogP contribution in [-0.4, -0.2) is 44.1 Å². The van der Waals surface area contributed by atoms with E-state index in [1.165, 1.54) is 0 Å². The van der Waals surface area contributed by atoms with E-state index in [0.717, 1.165) is 45.9 Å². The molecule has 1 aliphatic carbocycles. The van der Waals surface area contributed by atoms with Crippen molar-refractivity contribution in [3.8, 4) is 22.9 Å². The number of esters is 1. The van der Waals surface area contributed by atoms with Crippen molar-refractivity contribution in [2.24, 2.45) is 18.4 Å². The summed E-state index contributed by atoms with van der Waals surface area (Å²) in [5, 5.41) is 0.683. The van der Waals surface area contributed by atoms with Crippen LogP contribution in [0, 0.1) is 32.1 Å². The number of ether oxygens (including phenoxy) is 3. The lowest BCUT2D eigenvalue weighted by atomic mass is 9.69. The number of para-hydroxylation sites is 2. The van der Waals surface area contributed by atoms with Gasteiger partial charge in [-0.2, -0.15) is 0 Å². The molecule has 8 rings (SSSR count). The minimum atomic E-state index is -0.571. The maximum Gasteiger partial charge on any atom is 0.339 e. The Balaban J connectivity index is 1.14. The number of carbonyl (C=O) groups is 2. The molecule has 10 nitrogen and oxygen atoms in total. The van der Waals surface area contributed by atoms with Crippen LogP contribution in [0.25, 0.3) is 33.9 Å². The third-order valence-corrected chi connectivity index (χ3v) is 11.2. The smallest absolute Gasteiger partial charge is 0.339 e. The molecule has 0 spiro atoms.